The van der Waals surface area contributed by atoms with Gasteiger partial charge in [-0.1, -0.05) is 30.9 Å². The average Bonchev–Trinajstić information content (AvgIpc) is 3.02. The van der Waals surface area contributed by atoms with Crippen molar-refractivity contribution in [2.24, 2.45) is 0 Å². The molecule has 0 aliphatic heterocycles. The van der Waals surface area contributed by atoms with Crippen LogP contribution in [0.2, 0.25) is 0 Å². The maximum Gasteiger partial charge on any atom is 0.417 e. The van der Waals surface area contributed by atoms with Gasteiger partial charge in [0.2, 0.25) is 0 Å². The Morgan fingerprint density at radius 1 is 1.14 bits per heavy atom. The number of rotatable bonds is 6. The van der Waals surface area contributed by atoms with Gasteiger partial charge in [-0.2, -0.15) is 13.2 Å². The highest BCUT2D eigenvalue weighted by atomic mass is 19.4. The number of amides is 1. The summed E-state index contributed by atoms with van der Waals surface area (Å²) in [7, 11) is 0. The Morgan fingerprint density at radius 3 is 2.54 bits per heavy atom. The van der Waals surface area contributed by atoms with Gasteiger partial charge in [-0.15, -0.1) is 5.10 Å². The molecule has 10 heteroatoms. The molecule has 3 rings (SSSR count). The molecule has 2 heterocycles. The Balaban J connectivity index is 1.48. The van der Waals surface area contributed by atoms with Crippen molar-refractivity contribution in [3.63, 3.8) is 0 Å². The summed E-state index contributed by atoms with van der Waals surface area (Å²) in [5, 5.41) is 13.7. The van der Waals surface area contributed by atoms with Gasteiger partial charge in [-0.05, 0) is 25.0 Å². The topological polar surface area (TPSA) is 84.7 Å². The monoisotopic (exact) mass is 396 g/mol. The smallest absolute Gasteiger partial charge is 0.349 e. The van der Waals surface area contributed by atoms with Crippen LogP contribution in [-0.4, -0.2) is 45.0 Å². The van der Waals surface area contributed by atoms with E-state index in [2.05, 4.69) is 25.9 Å². The lowest BCUT2D eigenvalue weighted by Crippen LogP contribution is -2.37. The van der Waals surface area contributed by atoms with Crippen LogP contribution in [0.5, 0.6) is 0 Å². The normalized spacial score (nSPS) is 16.0. The van der Waals surface area contributed by atoms with Crippen LogP contribution in [-0.2, 0) is 6.18 Å². The Morgan fingerprint density at radius 2 is 1.89 bits per heavy atom. The van der Waals surface area contributed by atoms with Crippen molar-refractivity contribution in [1.82, 2.24) is 30.6 Å². The number of carbonyl (C=O) groups is 1. The second kappa shape index (κ2) is 9.13. The summed E-state index contributed by atoms with van der Waals surface area (Å²) in [6.07, 6.45) is 5.00. The molecule has 1 aliphatic rings. The van der Waals surface area contributed by atoms with E-state index < -0.39 is 11.7 Å². The van der Waals surface area contributed by atoms with Gasteiger partial charge in [0.05, 0.1) is 11.8 Å². The molecule has 1 fully saturated rings. The van der Waals surface area contributed by atoms with Crippen LogP contribution in [0.3, 0.4) is 0 Å². The van der Waals surface area contributed by atoms with Crippen LogP contribution < -0.4 is 10.6 Å². The highest BCUT2D eigenvalue weighted by Crippen LogP contribution is 2.28. The number of aromatic nitrogens is 4. The summed E-state index contributed by atoms with van der Waals surface area (Å²) in [5.74, 6) is -0.240. The lowest BCUT2D eigenvalue weighted by atomic mass is 10.1. The fraction of sp³-hybridized carbons (Fsp3) is 0.556. The van der Waals surface area contributed by atoms with Crippen molar-refractivity contribution < 1.29 is 18.0 Å². The maximum absolute atomic E-state index is 12.6. The molecular weight excluding hydrogens is 373 g/mol. The third-order valence-electron chi connectivity index (χ3n) is 4.73. The molecule has 0 spiro atoms. The molecule has 0 aromatic carbocycles. The van der Waals surface area contributed by atoms with Crippen molar-refractivity contribution in [1.29, 1.82) is 0 Å². The molecule has 0 unspecified atom stereocenters. The Kier molecular flexibility index (Phi) is 6.61. The molecule has 2 aromatic rings. The zero-order valence-electron chi connectivity index (χ0n) is 15.4. The van der Waals surface area contributed by atoms with Crippen molar-refractivity contribution in [2.45, 2.75) is 50.7 Å². The molecule has 152 valence electrons. The van der Waals surface area contributed by atoms with E-state index in [1.165, 1.54) is 55.5 Å². The van der Waals surface area contributed by atoms with E-state index in [-0.39, 0.29) is 17.4 Å². The first kappa shape index (κ1) is 20.2. The summed E-state index contributed by atoms with van der Waals surface area (Å²) in [4.78, 5) is 15.9. The molecule has 2 aromatic heterocycles. The molecule has 1 saturated carbocycles. The molecule has 28 heavy (non-hydrogen) atoms. The minimum absolute atomic E-state index is 0.0798. The largest absolute Gasteiger partial charge is 0.417 e. The van der Waals surface area contributed by atoms with Crippen LogP contribution in [0, 0.1) is 0 Å². The van der Waals surface area contributed by atoms with Crippen LogP contribution in [0.25, 0.3) is 5.82 Å². The predicted molar refractivity (Wildman–Crippen MR) is 96.0 cm³/mol. The molecular formula is C18H23F3N6O. The minimum Gasteiger partial charge on any atom is -0.349 e. The Hall–Kier alpha value is -2.49. The first-order chi connectivity index (χ1) is 13.4. The van der Waals surface area contributed by atoms with E-state index in [1.54, 1.807) is 0 Å². The van der Waals surface area contributed by atoms with Crippen molar-refractivity contribution in [3.05, 3.63) is 35.8 Å². The van der Waals surface area contributed by atoms with Gasteiger partial charge in [-0.25, -0.2) is 9.67 Å². The minimum atomic E-state index is -4.45. The number of nitrogens with zero attached hydrogens (tertiary/aromatic N) is 4. The Bertz CT molecular complexity index is 766. The van der Waals surface area contributed by atoms with Gasteiger partial charge >= 0.3 is 6.18 Å². The summed E-state index contributed by atoms with van der Waals surface area (Å²) in [6.45, 7) is 1.13. The van der Waals surface area contributed by atoms with E-state index in [9.17, 15) is 18.0 Å². The Labute approximate surface area is 160 Å². The molecule has 1 amide bonds. The van der Waals surface area contributed by atoms with Crippen molar-refractivity contribution in [2.75, 3.05) is 13.1 Å². The van der Waals surface area contributed by atoms with Crippen LogP contribution in [0.4, 0.5) is 13.2 Å². The number of hydrogen-bond donors (Lipinski definition) is 2. The van der Waals surface area contributed by atoms with E-state index in [1.807, 2.05) is 0 Å². The summed E-state index contributed by atoms with van der Waals surface area (Å²) in [5.41, 5.74) is -0.772. The molecule has 0 bridgehead atoms. The molecule has 0 radical (unpaired) electrons. The lowest BCUT2D eigenvalue weighted by molar-refractivity contribution is -0.137. The van der Waals surface area contributed by atoms with E-state index in [4.69, 9.17) is 0 Å². The van der Waals surface area contributed by atoms with Crippen molar-refractivity contribution in [3.8, 4) is 5.82 Å². The van der Waals surface area contributed by atoms with Gasteiger partial charge in [0.25, 0.3) is 5.91 Å². The SMILES string of the molecule is O=C(NCCNC1CCCCCC1)c1cn(-c2ccc(C(F)(F)F)cn2)nn1. The number of nitrogens with one attached hydrogen (secondary N) is 2. The van der Waals surface area contributed by atoms with E-state index in [0.29, 0.717) is 19.1 Å². The van der Waals surface area contributed by atoms with Gasteiger partial charge in [0, 0.05) is 25.3 Å². The fourth-order valence-corrected chi connectivity index (χ4v) is 3.20. The summed E-state index contributed by atoms with van der Waals surface area (Å²) < 4.78 is 38.9. The first-order valence-electron chi connectivity index (χ1n) is 9.41. The standard InChI is InChI=1S/C18H23F3N6O/c19-18(20,21)13-7-8-16(24-11-13)27-12-15(25-26-27)17(28)23-10-9-22-14-5-3-1-2-4-6-14/h7-8,11-12,14,22H,1-6,9-10H2,(H,23,28). The summed E-state index contributed by atoms with van der Waals surface area (Å²) in [6, 6.07) is 2.59. The molecule has 0 atom stereocenters. The van der Waals surface area contributed by atoms with Gasteiger partial charge in [0.1, 0.15) is 0 Å². The second-order valence-electron chi connectivity index (χ2n) is 6.85. The summed E-state index contributed by atoms with van der Waals surface area (Å²) >= 11 is 0. The van der Waals surface area contributed by atoms with Gasteiger partial charge in [0.15, 0.2) is 11.5 Å². The number of halogens is 3. The quantitative estimate of drug-likeness (QED) is 0.579. The van der Waals surface area contributed by atoms with Gasteiger partial charge < -0.3 is 10.6 Å². The predicted octanol–water partition coefficient (Wildman–Crippen LogP) is 2.72. The number of carbonyl (C=O) groups excluding carboxylic acids is 1. The van der Waals surface area contributed by atoms with Crippen LogP contribution in [0.1, 0.15) is 54.6 Å². The zero-order valence-corrected chi connectivity index (χ0v) is 15.4. The number of pyridine rings is 1. The highest BCUT2D eigenvalue weighted by Gasteiger charge is 2.30. The maximum atomic E-state index is 12.6. The van der Waals surface area contributed by atoms with Crippen LogP contribution in [0.15, 0.2) is 24.5 Å². The van der Waals surface area contributed by atoms with Crippen LogP contribution >= 0.6 is 0 Å². The fourth-order valence-electron chi connectivity index (χ4n) is 3.20. The first-order valence-corrected chi connectivity index (χ1v) is 9.41. The number of alkyl halides is 3. The second-order valence-corrected chi connectivity index (χ2v) is 6.85. The third-order valence-corrected chi connectivity index (χ3v) is 4.73. The molecule has 0 saturated heterocycles. The average molecular weight is 396 g/mol. The van der Waals surface area contributed by atoms with Gasteiger partial charge in [-0.3, -0.25) is 4.79 Å². The van der Waals surface area contributed by atoms with E-state index in [0.717, 1.165) is 12.3 Å². The zero-order chi connectivity index (χ0) is 20.0. The van der Waals surface area contributed by atoms with E-state index >= 15 is 0 Å². The molecule has 1 aliphatic carbocycles. The van der Waals surface area contributed by atoms with Crippen molar-refractivity contribution >= 4 is 5.91 Å². The molecule has 2 N–H and O–H groups in total. The lowest BCUT2D eigenvalue weighted by Gasteiger charge is -2.16. The number of hydrogen-bond acceptors (Lipinski definition) is 5. The highest BCUT2D eigenvalue weighted by molar-refractivity contribution is 5.91. The molecule has 7 nitrogen and oxygen atoms in total. The third kappa shape index (κ3) is 5.51.